The highest BCUT2D eigenvalue weighted by Gasteiger charge is 2.40. The van der Waals surface area contributed by atoms with Crippen molar-refractivity contribution in [3.05, 3.63) is 27.8 Å². The van der Waals surface area contributed by atoms with Gasteiger partial charge in [-0.15, -0.1) is 0 Å². The Hall–Kier alpha value is -2.51. The Labute approximate surface area is 127 Å². The Bertz CT molecular complexity index is 589. The molecule has 1 heterocycles. The lowest BCUT2D eigenvalue weighted by Gasteiger charge is -2.28. The fourth-order valence-corrected chi connectivity index (χ4v) is 2.67. The molecule has 0 aromatic heterocycles. The van der Waals surface area contributed by atoms with Gasteiger partial charge in [-0.25, -0.2) is 0 Å². The molecule has 22 heavy (non-hydrogen) atoms. The van der Waals surface area contributed by atoms with E-state index in [0.717, 1.165) is 0 Å². The number of carbonyl (C=O) groups excluding carboxylic acids is 1. The van der Waals surface area contributed by atoms with Crippen LogP contribution in [0.25, 0.3) is 0 Å². The molecule has 0 unspecified atom stereocenters. The summed E-state index contributed by atoms with van der Waals surface area (Å²) in [5, 5.41) is 14.0. The average Bonchev–Trinajstić information content (AvgIpc) is 2.52. The lowest BCUT2D eigenvalue weighted by atomic mass is 9.91. The van der Waals surface area contributed by atoms with Crippen molar-refractivity contribution in [1.82, 2.24) is 5.32 Å². The van der Waals surface area contributed by atoms with Gasteiger partial charge in [-0.05, 0) is 12.1 Å². The number of methoxy groups -OCH3 is 3. The molecular weight excluding hydrogens is 292 g/mol. The minimum absolute atomic E-state index is 0.137. The van der Waals surface area contributed by atoms with Crippen LogP contribution in [-0.4, -0.2) is 38.2 Å². The first-order valence-corrected chi connectivity index (χ1v) is 6.75. The summed E-state index contributed by atoms with van der Waals surface area (Å²) in [7, 11) is 4.38. The predicted molar refractivity (Wildman–Crippen MR) is 77.0 cm³/mol. The highest BCUT2D eigenvalue weighted by atomic mass is 16.6. The van der Waals surface area contributed by atoms with Crippen molar-refractivity contribution in [2.45, 2.75) is 24.9 Å². The molecule has 1 aromatic rings. The molecule has 2 rings (SSSR count). The Morgan fingerprint density at radius 3 is 2.41 bits per heavy atom. The summed E-state index contributed by atoms with van der Waals surface area (Å²) < 4.78 is 15.8. The minimum atomic E-state index is -0.912. The van der Waals surface area contributed by atoms with Crippen molar-refractivity contribution in [3.63, 3.8) is 0 Å². The number of carbonyl (C=O) groups is 1. The number of amides is 1. The van der Waals surface area contributed by atoms with E-state index in [2.05, 4.69) is 5.32 Å². The van der Waals surface area contributed by atoms with Crippen LogP contribution in [0.4, 0.5) is 0 Å². The van der Waals surface area contributed by atoms with Gasteiger partial charge in [-0.2, -0.15) is 0 Å². The van der Waals surface area contributed by atoms with Gasteiger partial charge in [-0.1, -0.05) is 0 Å². The number of hydrogen-bond donors (Lipinski definition) is 1. The summed E-state index contributed by atoms with van der Waals surface area (Å²) >= 11 is 0. The van der Waals surface area contributed by atoms with E-state index >= 15 is 0 Å². The second kappa shape index (κ2) is 6.50. The topological polar surface area (TPSA) is 99.9 Å². The Morgan fingerprint density at radius 2 is 1.86 bits per heavy atom. The maximum atomic E-state index is 11.7. The summed E-state index contributed by atoms with van der Waals surface area (Å²) in [4.78, 5) is 22.6. The Kier molecular flexibility index (Phi) is 4.69. The first-order valence-electron chi connectivity index (χ1n) is 6.75. The van der Waals surface area contributed by atoms with E-state index in [1.807, 2.05) is 0 Å². The number of nitrogens with one attached hydrogen (secondary N) is 1. The van der Waals surface area contributed by atoms with E-state index in [0.29, 0.717) is 22.8 Å². The molecule has 8 heteroatoms. The van der Waals surface area contributed by atoms with Crippen LogP contribution in [0.2, 0.25) is 0 Å². The molecule has 0 spiro atoms. The molecule has 0 aliphatic carbocycles. The molecular formula is C14H18N2O6. The molecule has 1 fully saturated rings. The van der Waals surface area contributed by atoms with Gasteiger partial charge >= 0.3 is 0 Å². The van der Waals surface area contributed by atoms with Gasteiger partial charge < -0.3 is 19.5 Å². The quantitative estimate of drug-likeness (QED) is 0.650. The van der Waals surface area contributed by atoms with E-state index < -0.39 is 12.1 Å². The summed E-state index contributed by atoms with van der Waals surface area (Å²) in [5.41, 5.74) is 0.495. The zero-order valence-corrected chi connectivity index (χ0v) is 12.6. The van der Waals surface area contributed by atoms with Crippen LogP contribution in [0.15, 0.2) is 12.1 Å². The predicted octanol–water partition coefficient (Wildman–Crippen LogP) is 1.31. The number of nitro groups is 1. The molecule has 8 nitrogen and oxygen atoms in total. The molecule has 1 aromatic carbocycles. The molecule has 120 valence electrons. The molecule has 1 amide bonds. The highest BCUT2D eigenvalue weighted by Crippen LogP contribution is 2.43. The summed E-state index contributed by atoms with van der Waals surface area (Å²) in [6.45, 7) is 0. The van der Waals surface area contributed by atoms with Crippen LogP contribution in [0.5, 0.6) is 17.2 Å². The Balaban J connectivity index is 2.53. The third-order valence-electron chi connectivity index (χ3n) is 3.71. The van der Waals surface area contributed by atoms with Gasteiger partial charge in [0, 0.05) is 23.3 Å². The van der Waals surface area contributed by atoms with Gasteiger partial charge in [0.1, 0.15) is 6.04 Å². The molecule has 2 atom stereocenters. The fourth-order valence-electron chi connectivity index (χ4n) is 2.67. The largest absolute Gasteiger partial charge is 0.493 e. The summed E-state index contributed by atoms with van der Waals surface area (Å²) in [5.74, 6) is 0.883. The monoisotopic (exact) mass is 310 g/mol. The van der Waals surface area contributed by atoms with Crippen LogP contribution < -0.4 is 19.5 Å². The molecule has 0 saturated carbocycles. The minimum Gasteiger partial charge on any atom is -0.493 e. The molecule has 0 radical (unpaired) electrons. The lowest BCUT2D eigenvalue weighted by Crippen LogP contribution is -2.45. The molecule has 1 saturated heterocycles. The first-order chi connectivity index (χ1) is 10.5. The van der Waals surface area contributed by atoms with Gasteiger partial charge in [-0.3, -0.25) is 14.9 Å². The smallest absolute Gasteiger partial charge is 0.237 e. The number of ether oxygens (including phenoxy) is 3. The van der Waals surface area contributed by atoms with E-state index in [4.69, 9.17) is 14.2 Å². The molecule has 0 bridgehead atoms. The maximum Gasteiger partial charge on any atom is 0.237 e. The van der Waals surface area contributed by atoms with Gasteiger partial charge in [0.05, 0.1) is 21.3 Å². The molecule has 1 aliphatic rings. The lowest BCUT2D eigenvalue weighted by molar-refractivity contribution is -0.529. The summed E-state index contributed by atoms with van der Waals surface area (Å²) in [6.07, 6.45) is 0.318. The normalized spacial score (nSPS) is 21.0. The second-order valence-corrected chi connectivity index (χ2v) is 4.86. The van der Waals surface area contributed by atoms with Crippen molar-refractivity contribution < 1.29 is 23.9 Å². The zero-order chi connectivity index (χ0) is 16.3. The van der Waals surface area contributed by atoms with E-state index in [1.54, 1.807) is 12.1 Å². The zero-order valence-electron chi connectivity index (χ0n) is 12.6. The number of nitrogens with zero attached hydrogens (tertiary/aromatic N) is 1. The van der Waals surface area contributed by atoms with Crippen molar-refractivity contribution >= 4 is 5.91 Å². The van der Waals surface area contributed by atoms with Crippen molar-refractivity contribution in [1.29, 1.82) is 0 Å². The van der Waals surface area contributed by atoms with Gasteiger partial charge in [0.2, 0.25) is 17.7 Å². The van der Waals surface area contributed by atoms with Crippen LogP contribution in [-0.2, 0) is 4.79 Å². The first kappa shape index (κ1) is 15.9. The number of rotatable bonds is 5. The van der Waals surface area contributed by atoms with Crippen LogP contribution >= 0.6 is 0 Å². The van der Waals surface area contributed by atoms with Gasteiger partial charge in [0.25, 0.3) is 0 Å². The third kappa shape index (κ3) is 2.76. The molecule has 1 aliphatic heterocycles. The standard InChI is InChI=1S/C14H18N2O6/c1-20-10-6-4-8(13(21-2)14(10)22-3)12-9(16(18)19)5-7-11(17)15-12/h4,6,9,12H,5,7H2,1-3H3,(H,15,17)/t9-,12-/m1/s1. The summed E-state index contributed by atoms with van der Waals surface area (Å²) in [6, 6.07) is 1.59. The van der Waals surface area contributed by atoms with Gasteiger partial charge in [0.15, 0.2) is 11.5 Å². The van der Waals surface area contributed by atoms with E-state index in [-0.39, 0.29) is 23.7 Å². The average molecular weight is 310 g/mol. The number of benzene rings is 1. The van der Waals surface area contributed by atoms with E-state index in [1.165, 1.54) is 21.3 Å². The van der Waals surface area contributed by atoms with Crippen LogP contribution in [0.3, 0.4) is 0 Å². The van der Waals surface area contributed by atoms with Crippen molar-refractivity contribution in [2.24, 2.45) is 0 Å². The van der Waals surface area contributed by atoms with Crippen LogP contribution in [0, 0.1) is 10.1 Å². The van der Waals surface area contributed by atoms with Crippen LogP contribution in [0.1, 0.15) is 24.4 Å². The second-order valence-electron chi connectivity index (χ2n) is 4.86. The van der Waals surface area contributed by atoms with Crippen molar-refractivity contribution in [2.75, 3.05) is 21.3 Å². The highest BCUT2D eigenvalue weighted by molar-refractivity contribution is 5.78. The Morgan fingerprint density at radius 1 is 1.18 bits per heavy atom. The van der Waals surface area contributed by atoms with E-state index in [9.17, 15) is 14.9 Å². The number of hydrogen-bond acceptors (Lipinski definition) is 6. The molecule has 1 N–H and O–H groups in total. The van der Waals surface area contributed by atoms with Crippen molar-refractivity contribution in [3.8, 4) is 17.2 Å². The fraction of sp³-hybridized carbons (Fsp3) is 0.500. The maximum absolute atomic E-state index is 11.7. The third-order valence-corrected chi connectivity index (χ3v) is 3.71. The SMILES string of the molecule is COc1ccc([C@H]2NC(=O)CC[C@H]2[N+](=O)[O-])c(OC)c1OC. The number of piperidine rings is 1.